The van der Waals surface area contributed by atoms with Gasteiger partial charge in [-0.05, 0) is 12.8 Å². The van der Waals surface area contributed by atoms with E-state index < -0.39 is 7.59 Å². The highest BCUT2D eigenvalue weighted by molar-refractivity contribution is 7.57. The van der Waals surface area contributed by atoms with E-state index in [1.54, 1.807) is 0 Å². The van der Waals surface area contributed by atoms with Crippen molar-refractivity contribution in [3.8, 4) is 0 Å². The molecule has 0 saturated carbocycles. The van der Waals surface area contributed by atoms with Crippen molar-refractivity contribution in [2.75, 3.05) is 26.2 Å². The number of hydrogen-bond acceptors (Lipinski definition) is 1. The van der Waals surface area contributed by atoms with Crippen LogP contribution in [-0.4, -0.2) is 52.3 Å². The molecular weight excluding hydrogens is 233 g/mol. The van der Waals surface area contributed by atoms with Gasteiger partial charge < -0.3 is 0 Å². The highest BCUT2D eigenvalue weighted by atomic mass is 31.2. The van der Waals surface area contributed by atoms with E-state index in [4.69, 9.17) is 0 Å². The summed E-state index contributed by atoms with van der Waals surface area (Å²) in [6.45, 7) is 12.4. The van der Waals surface area contributed by atoms with Crippen LogP contribution in [0.3, 0.4) is 0 Å². The van der Waals surface area contributed by atoms with Crippen molar-refractivity contribution < 1.29 is 4.57 Å². The maximum absolute atomic E-state index is 13.4. The molecular formula is C12H26N3OP. The van der Waals surface area contributed by atoms with E-state index in [9.17, 15) is 4.57 Å². The molecule has 2 saturated heterocycles. The Morgan fingerprint density at radius 1 is 1.00 bits per heavy atom. The van der Waals surface area contributed by atoms with E-state index in [0.29, 0.717) is 12.1 Å². The van der Waals surface area contributed by atoms with Crippen LogP contribution in [0.25, 0.3) is 0 Å². The molecule has 0 aromatic rings. The van der Waals surface area contributed by atoms with E-state index >= 15 is 0 Å². The summed E-state index contributed by atoms with van der Waals surface area (Å²) >= 11 is 0. The van der Waals surface area contributed by atoms with E-state index in [1.807, 2.05) is 0 Å². The standard InChI is InChI=1S/C12H26N3OP/c1-5-11-9-14(11)17(16,13(7-3)8-4)15-10-12(15)6-2/h11-12H,5-10H2,1-4H3/t11-,12+,14?,15?,17?. The Labute approximate surface area is 105 Å². The topological polar surface area (TPSA) is 26.3 Å². The van der Waals surface area contributed by atoms with Crippen LogP contribution < -0.4 is 0 Å². The Bertz CT molecular complexity index is 297. The summed E-state index contributed by atoms with van der Waals surface area (Å²) in [5, 5.41) is 0. The molecule has 5 atom stereocenters. The van der Waals surface area contributed by atoms with Gasteiger partial charge in [-0.25, -0.2) is 14.0 Å². The van der Waals surface area contributed by atoms with E-state index in [2.05, 4.69) is 41.7 Å². The Morgan fingerprint density at radius 3 is 1.65 bits per heavy atom. The van der Waals surface area contributed by atoms with Gasteiger partial charge in [0.1, 0.15) is 0 Å². The third-order valence-electron chi connectivity index (χ3n) is 4.08. The zero-order chi connectivity index (χ0) is 12.6. The monoisotopic (exact) mass is 259 g/mol. The fraction of sp³-hybridized carbons (Fsp3) is 1.00. The molecule has 4 nitrogen and oxygen atoms in total. The van der Waals surface area contributed by atoms with Crippen molar-refractivity contribution in [2.45, 2.75) is 52.6 Å². The summed E-state index contributed by atoms with van der Waals surface area (Å²) in [5.41, 5.74) is 0. The first-order valence-corrected chi connectivity index (χ1v) is 8.59. The average molecular weight is 259 g/mol. The maximum atomic E-state index is 13.4. The molecule has 0 amide bonds. The Kier molecular flexibility index (Phi) is 3.99. The van der Waals surface area contributed by atoms with Crippen LogP contribution in [0.5, 0.6) is 0 Å². The predicted molar refractivity (Wildman–Crippen MR) is 72.1 cm³/mol. The maximum Gasteiger partial charge on any atom is 0.287 e. The molecule has 0 aromatic heterocycles. The van der Waals surface area contributed by atoms with Gasteiger partial charge in [-0.15, -0.1) is 0 Å². The highest BCUT2D eigenvalue weighted by Gasteiger charge is 2.58. The first-order chi connectivity index (χ1) is 8.13. The van der Waals surface area contributed by atoms with Crippen molar-refractivity contribution in [3.05, 3.63) is 0 Å². The van der Waals surface area contributed by atoms with Gasteiger partial charge in [0.2, 0.25) is 0 Å². The summed E-state index contributed by atoms with van der Waals surface area (Å²) in [7, 11) is -2.40. The zero-order valence-corrected chi connectivity index (χ0v) is 12.5. The summed E-state index contributed by atoms with van der Waals surface area (Å²) in [5.74, 6) is 0. The number of rotatable bonds is 7. The fourth-order valence-electron chi connectivity index (χ4n) is 2.72. The first kappa shape index (κ1) is 13.5. The van der Waals surface area contributed by atoms with Gasteiger partial charge >= 0.3 is 0 Å². The van der Waals surface area contributed by atoms with Gasteiger partial charge in [0, 0.05) is 38.3 Å². The van der Waals surface area contributed by atoms with Crippen molar-refractivity contribution in [1.29, 1.82) is 0 Å². The van der Waals surface area contributed by atoms with Crippen LogP contribution >= 0.6 is 7.59 Å². The lowest BCUT2D eigenvalue weighted by atomic mass is 10.4. The van der Waals surface area contributed by atoms with Crippen molar-refractivity contribution >= 4 is 7.59 Å². The molecule has 5 heteroatoms. The molecule has 17 heavy (non-hydrogen) atoms. The number of hydrogen-bond donors (Lipinski definition) is 0. The molecule has 3 unspecified atom stereocenters. The third-order valence-corrected chi connectivity index (χ3v) is 7.70. The molecule has 0 aliphatic carbocycles. The first-order valence-electron chi connectivity index (χ1n) is 7.03. The van der Waals surface area contributed by atoms with Gasteiger partial charge in [0.05, 0.1) is 0 Å². The minimum Gasteiger partial charge on any atom is -0.270 e. The Hall–Kier alpha value is 0.110. The molecule has 2 fully saturated rings. The van der Waals surface area contributed by atoms with Gasteiger partial charge in [0.15, 0.2) is 0 Å². The van der Waals surface area contributed by atoms with Crippen molar-refractivity contribution in [3.63, 3.8) is 0 Å². The minimum atomic E-state index is -2.40. The summed E-state index contributed by atoms with van der Waals surface area (Å²) in [6, 6.07) is 1.11. The Morgan fingerprint density at radius 2 is 1.41 bits per heavy atom. The van der Waals surface area contributed by atoms with Crippen LogP contribution in [0.1, 0.15) is 40.5 Å². The van der Waals surface area contributed by atoms with Crippen LogP contribution in [0.4, 0.5) is 0 Å². The van der Waals surface area contributed by atoms with E-state index in [0.717, 1.165) is 39.0 Å². The quantitative estimate of drug-likeness (QED) is 0.518. The van der Waals surface area contributed by atoms with E-state index in [-0.39, 0.29) is 0 Å². The normalized spacial score (nSPS) is 39.1. The lowest BCUT2D eigenvalue weighted by molar-refractivity contribution is 0.377. The molecule has 2 aliphatic rings. The molecule has 0 aromatic carbocycles. The van der Waals surface area contributed by atoms with Crippen LogP contribution in [0.2, 0.25) is 0 Å². The molecule has 2 heterocycles. The second-order valence-corrected chi connectivity index (χ2v) is 7.64. The summed E-state index contributed by atoms with van der Waals surface area (Å²) in [4.78, 5) is 0. The summed E-state index contributed by atoms with van der Waals surface area (Å²) in [6.07, 6.45) is 2.24. The highest BCUT2D eigenvalue weighted by Crippen LogP contribution is 2.66. The minimum absolute atomic E-state index is 0.555. The van der Waals surface area contributed by atoms with Crippen molar-refractivity contribution in [1.82, 2.24) is 14.0 Å². The molecule has 2 aliphatic heterocycles. The zero-order valence-electron chi connectivity index (χ0n) is 11.6. The predicted octanol–water partition coefficient (Wildman–Crippen LogP) is 2.62. The van der Waals surface area contributed by atoms with Gasteiger partial charge in [-0.3, -0.25) is 4.57 Å². The van der Waals surface area contributed by atoms with Gasteiger partial charge in [-0.2, -0.15) is 0 Å². The molecule has 0 radical (unpaired) electrons. The second kappa shape index (κ2) is 5.00. The van der Waals surface area contributed by atoms with Crippen molar-refractivity contribution in [2.24, 2.45) is 0 Å². The van der Waals surface area contributed by atoms with Gasteiger partial charge in [-0.1, -0.05) is 27.7 Å². The van der Waals surface area contributed by atoms with E-state index in [1.165, 1.54) is 0 Å². The SMILES string of the molecule is CC[C@@H]1CN1P(=O)(N(CC)CC)N1C[C@@H]1CC. The lowest BCUT2D eigenvalue weighted by Crippen LogP contribution is -2.28. The molecule has 100 valence electrons. The Balaban J connectivity index is 2.15. The summed E-state index contributed by atoms with van der Waals surface area (Å²) < 4.78 is 20.1. The van der Waals surface area contributed by atoms with Crippen LogP contribution in [0, 0.1) is 0 Å². The molecule has 2 rings (SSSR count). The van der Waals surface area contributed by atoms with Gasteiger partial charge in [0.25, 0.3) is 7.59 Å². The number of nitrogens with zero attached hydrogens (tertiary/aromatic N) is 3. The molecule has 0 bridgehead atoms. The third kappa shape index (κ3) is 2.21. The average Bonchev–Trinajstić information content (AvgIpc) is 3.22. The molecule has 0 spiro atoms. The van der Waals surface area contributed by atoms with Crippen LogP contribution in [0.15, 0.2) is 0 Å². The smallest absolute Gasteiger partial charge is 0.270 e. The largest absolute Gasteiger partial charge is 0.287 e. The fourth-order valence-corrected chi connectivity index (χ4v) is 6.38. The van der Waals surface area contributed by atoms with Crippen LogP contribution in [-0.2, 0) is 4.57 Å². The lowest BCUT2D eigenvalue weighted by Gasteiger charge is -2.32. The molecule has 0 N–H and O–H groups in total. The second-order valence-electron chi connectivity index (χ2n) is 5.02.